The van der Waals surface area contributed by atoms with Crippen LogP contribution in [0.15, 0.2) is 29.3 Å². The van der Waals surface area contributed by atoms with Gasteiger partial charge in [0.2, 0.25) is 5.91 Å². The molecule has 0 radical (unpaired) electrons. The topological polar surface area (TPSA) is 78.0 Å². The lowest BCUT2D eigenvalue weighted by atomic mass is 10.0. The molecule has 1 aromatic carbocycles. The number of nitrogens with zero attached hydrogens (tertiary/aromatic N) is 2. The molecule has 1 atom stereocenters. The van der Waals surface area contributed by atoms with Crippen molar-refractivity contribution in [3.63, 3.8) is 0 Å². The predicted molar refractivity (Wildman–Crippen MR) is 118 cm³/mol. The molecule has 7 nitrogen and oxygen atoms in total. The minimum absolute atomic E-state index is 0.117. The van der Waals surface area contributed by atoms with Gasteiger partial charge in [0.1, 0.15) is 0 Å². The molecule has 1 amide bonds. The molecule has 1 unspecified atom stereocenters. The summed E-state index contributed by atoms with van der Waals surface area (Å²) in [7, 11) is 1.70. The molecule has 1 aliphatic rings. The molecule has 0 saturated carbocycles. The summed E-state index contributed by atoms with van der Waals surface area (Å²) in [5.41, 5.74) is 1.41. The Morgan fingerprint density at radius 1 is 1.31 bits per heavy atom. The fourth-order valence-corrected chi connectivity index (χ4v) is 3.34. The van der Waals surface area contributed by atoms with Gasteiger partial charge in [-0.2, -0.15) is 0 Å². The van der Waals surface area contributed by atoms with Crippen molar-refractivity contribution in [2.75, 3.05) is 51.8 Å². The lowest BCUT2D eigenvalue weighted by molar-refractivity contribution is -0.115. The van der Waals surface area contributed by atoms with Crippen molar-refractivity contribution < 1.29 is 9.53 Å². The highest BCUT2D eigenvalue weighted by Gasteiger charge is 2.22. The van der Waals surface area contributed by atoms with E-state index in [1.165, 1.54) is 0 Å². The third kappa shape index (κ3) is 8.14. The molecule has 158 valence electrons. The van der Waals surface area contributed by atoms with Gasteiger partial charge in [0, 0.05) is 44.0 Å². The number of amides is 1. The summed E-state index contributed by atoms with van der Waals surface area (Å²) in [4.78, 5) is 18.9. The molecule has 7 heteroatoms. The van der Waals surface area contributed by atoms with Gasteiger partial charge in [0.05, 0.1) is 19.8 Å². The van der Waals surface area contributed by atoms with Crippen LogP contribution in [0.5, 0.6) is 0 Å². The Bertz CT molecular complexity index is 720. The third-order valence-corrected chi connectivity index (χ3v) is 4.76. The third-order valence-electron chi connectivity index (χ3n) is 4.76. The molecular formula is C22H33N5O2. The highest BCUT2D eigenvalue weighted by molar-refractivity contribution is 5.95. The summed E-state index contributed by atoms with van der Waals surface area (Å²) >= 11 is 0. The van der Waals surface area contributed by atoms with Gasteiger partial charge in [-0.15, -0.1) is 6.42 Å². The fourth-order valence-electron chi connectivity index (χ4n) is 3.34. The first-order chi connectivity index (χ1) is 14.0. The highest BCUT2D eigenvalue weighted by Crippen LogP contribution is 2.13. The maximum Gasteiger partial charge on any atom is 0.243 e. The molecular weight excluding hydrogens is 366 g/mol. The van der Waals surface area contributed by atoms with E-state index >= 15 is 0 Å². The molecule has 1 aliphatic heterocycles. The number of carbonyl (C=O) groups is 1. The Kier molecular flexibility index (Phi) is 9.48. The second kappa shape index (κ2) is 12.1. The van der Waals surface area contributed by atoms with Gasteiger partial charge in [-0.25, -0.2) is 0 Å². The zero-order chi connectivity index (χ0) is 21.1. The van der Waals surface area contributed by atoms with Gasteiger partial charge in [-0.3, -0.25) is 14.7 Å². The summed E-state index contributed by atoms with van der Waals surface area (Å²) < 4.78 is 5.48. The number of carbonyl (C=O) groups excluding carboxylic acids is 1. The summed E-state index contributed by atoms with van der Waals surface area (Å²) in [6.07, 6.45) is 6.49. The average molecular weight is 400 g/mol. The first kappa shape index (κ1) is 22.7. The molecule has 2 rings (SSSR count). The average Bonchev–Trinajstić information content (AvgIpc) is 2.73. The Labute approximate surface area is 174 Å². The Morgan fingerprint density at radius 2 is 2.07 bits per heavy atom. The van der Waals surface area contributed by atoms with Gasteiger partial charge < -0.3 is 20.7 Å². The van der Waals surface area contributed by atoms with E-state index in [9.17, 15) is 4.79 Å². The number of rotatable bonds is 8. The smallest absolute Gasteiger partial charge is 0.243 e. The van der Waals surface area contributed by atoms with Gasteiger partial charge in [0.25, 0.3) is 0 Å². The van der Waals surface area contributed by atoms with Crippen LogP contribution in [0.3, 0.4) is 0 Å². The number of guanidine groups is 1. The highest BCUT2D eigenvalue weighted by atomic mass is 16.5. The lowest BCUT2D eigenvalue weighted by Crippen LogP contribution is -2.51. The maximum atomic E-state index is 12.2. The maximum absolute atomic E-state index is 12.2. The number of hydrogen-bond donors (Lipinski definition) is 3. The summed E-state index contributed by atoms with van der Waals surface area (Å²) in [5, 5.41) is 9.27. The van der Waals surface area contributed by atoms with Crippen molar-refractivity contribution in [3.8, 4) is 12.3 Å². The van der Waals surface area contributed by atoms with Gasteiger partial charge in [-0.05, 0) is 30.5 Å². The fraction of sp³-hybridized carbons (Fsp3) is 0.545. The zero-order valence-electron chi connectivity index (χ0n) is 17.7. The number of ether oxygens (including phenoxy) is 1. The Hall–Kier alpha value is -2.56. The van der Waals surface area contributed by atoms with Crippen molar-refractivity contribution in [3.05, 3.63) is 29.8 Å². The number of aliphatic imine (C=N–C) groups is 1. The van der Waals surface area contributed by atoms with Gasteiger partial charge in [0.15, 0.2) is 5.96 Å². The SMILES string of the molecule is C#Cc1cccc(NC(=O)CNC(=NC)NCC(CC(C)C)N2CCOCC2)c1. The molecule has 0 spiro atoms. The van der Waals surface area contributed by atoms with Crippen molar-refractivity contribution in [1.29, 1.82) is 0 Å². The van der Waals surface area contributed by atoms with Crippen LogP contribution in [0.2, 0.25) is 0 Å². The van der Waals surface area contributed by atoms with Crippen molar-refractivity contribution in [2.24, 2.45) is 10.9 Å². The van der Waals surface area contributed by atoms with Gasteiger partial charge >= 0.3 is 0 Å². The molecule has 1 fully saturated rings. The number of anilines is 1. The number of hydrogen-bond acceptors (Lipinski definition) is 4. The second-order valence-electron chi connectivity index (χ2n) is 7.51. The monoisotopic (exact) mass is 399 g/mol. The predicted octanol–water partition coefficient (Wildman–Crippen LogP) is 1.52. The van der Waals surface area contributed by atoms with Crippen LogP contribution in [0, 0.1) is 18.3 Å². The number of morpholine rings is 1. The molecule has 0 bridgehead atoms. The molecule has 0 aromatic heterocycles. The minimum atomic E-state index is -0.158. The molecule has 0 aliphatic carbocycles. The first-order valence-electron chi connectivity index (χ1n) is 10.1. The van der Waals surface area contributed by atoms with Crippen molar-refractivity contribution in [1.82, 2.24) is 15.5 Å². The zero-order valence-corrected chi connectivity index (χ0v) is 17.7. The van der Waals surface area contributed by atoms with Crippen LogP contribution in [-0.2, 0) is 9.53 Å². The molecule has 1 heterocycles. The summed E-state index contributed by atoms with van der Waals surface area (Å²) in [6, 6.07) is 7.62. The van der Waals surface area contributed by atoms with Crippen molar-refractivity contribution in [2.45, 2.75) is 26.3 Å². The van der Waals surface area contributed by atoms with Crippen LogP contribution >= 0.6 is 0 Å². The van der Waals surface area contributed by atoms with Crippen LogP contribution in [0.1, 0.15) is 25.8 Å². The van der Waals surface area contributed by atoms with Crippen molar-refractivity contribution >= 4 is 17.6 Å². The second-order valence-corrected chi connectivity index (χ2v) is 7.51. The molecule has 1 saturated heterocycles. The molecule has 29 heavy (non-hydrogen) atoms. The minimum Gasteiger partial charge on any atom is -0.379 e. The van der Waals surface area contributed by atoms with E-state index in [1.54, 1.807) is 13.1 Å². The van der Waals surface area contributed by atoms with Crippen LogP contribution in [0.25, 0.3) is 0 Å². The van der Waals surface area contributed by atoms with Crippen LogP contribution < -0.4 is 16.0 Å². The van der Waals surface area contributed by atoms with Crippen LogP contribution in [0.4, 0.5) is 5.69 Å². The van der Waals surface area contributed by atoms with Crippen LogP contribution in [-0.4, -0.2) is 69.2 Å². The van der Waals surface area contributed by atoms with Gasteiger partial charge in [-0.1, -0.05) is 25.8 Å². The Balaban J connectivity index is 1.82. The normalized spacial score (nSPS) is 16.2. The standard InChI is InChI=1S/C22H33N5O2/c1-5-18-7-6-8-19(14-18)26-21(28)16-25-22(23-4)24-15-20(13-17(2)3)27-9-11-29-12-10-27/h1,6-8,14,17,20H,9-13,15-16H2,2-4H3,(H,26,28)(H2,23,24,25). The van der Waals surface area contributed by atoms with E-state index in [0.29, 0.717) is 23.6 Å². The van der Waals surface area contributed by atoms with E-state index in [0.717, 1.165) is 44.8 Å². The molecule has 3 N–H and O–H groups in total. The van der Waals surface area contributed by atoms with E-state index in [2.05, 4.69) is 45.6 Å². The number of benzene rings is 1. The van der Waals surface area contributed by atoms with E-state index in [-0.39, 0.29) is 12.5 Å². The Morgan fingerprint density at radius 3 is 2.72 bits per heavy atom. The lowest BCUT2D eigenvalue weighted by Gasteiger charge is -2.35. The summed E-state index contributed by atoms with van der Waals surface area (Å²) in [5.74, 6) is 3.61. The van der Waals surface area contributed by atoms with E-state index < -0.39 is 0 Å². The summed E-state index contributed by atoms with van der Waals surface area (Å²) in [6.45, 7) is 8.82. The largest absolute Gasteiger partial charge is 0.379 e. The van der Waals surface area contributed by atoms with E-state index in [4.69, 9.17) is 11.2 Å². The first-order valence-corrected chi connectivity index (χ1v) is 10.1. The number of terminal acetylenes is 1. The van der Waals surface area contributed by atoms with E-state index in [1.807, 2.05) is 18.2 Å². The molecule has 1 aromatic rings. The number of nitrogens with one attached hydrogen (secondary N) is 3. The quantitative estimate of drug-likeness (QED) is 0.351.